The minimum atomic E-state index is -1.12. The molecule has 0 unspecified atom stereocenters. The molecule has 0 aliphatic carbocycles. The molecule has 1 fully saturated rings. The summed E-state index contributed by atoms with van der Waals surface area (Å²) in [6.07, 6.45) is 1.88. The second-order valence-electron chi connectivity index (χ2n) is 3.41. The fraction of sp³-hybridized carbons (Fsp3) is 0.400. The van der Waals surface area contributed by atoms with Crippen LogP contribution in [0, 0.1) is 17.5 Å². The maximum Gasteiger partial charge on any atom is 0.182 e. The first kappa shape index (κ1) is 9.37. The van der Waals surface area contributed by atoms with Crippen LogP contribution in [0.2, 0.25) is 0 Å². The van der Waals surface area contributed by atoms with Gasteiger partial charge in [-0.3, -0.25) is 0 Å². The monoisotopic (exact) mass is 201 g/mol. The van der Waals surface area contributed by atoms with Crippen molar-refractivity contribution >= 4 is 5.69 Å². The Hall–Kier alpha value is -1.19. The van der Waals surface area contributed by atoms with E-state index in [2.05, 4.69) is 0 Å². The van der Waals surface area contributed by atoms with Crippen molar-refractivity contribution in [2.45, 2.75) is 12.8 Å². The molecule has 0 atom stereocenters. The van der Waals surface area contributed by atoms with Crippen LogP contribution in [-0.2, 0) is 0 Å². The van der Waals surface area contributed by atoms with Crippen molar-refractivity contribution in [2.75, 3.05) is 18.0 Å². The molecule has 1 saturated heterocycles. The molecular weight excluding hydrogens is 191 g/mol. The molecule has 0 saturated carbocycles. The van der Waals surface area contributed by atoms with Crippen LogP contribution in [-0.4, -0.2) is 13.1 Å². The van der Waals surface area contributed by atoms with E-state index >= 15 is 0 Å². The molecule has 4 heteroatoms. The molecule has 1 aliphatic heterocycles. The molecule has 1 aromatic rings. The second-order valence-corrected chi connectivity index (χ2v) is 3.41. The molecule has 1 aliphatic rings. The third-order valence-electron chi connectivity index (χ3n) is 2.42. The predicted molar refractivity (Wildman–Crippen MR) is 47.8 cm³/mol. The van der Waals surface area contributed by atoms with Crippen molar-refractivity contribution < 1.29 is 13.2 Å². The summed E-state index contributed by atoms with van der Waals surface area (Å²) in [4.78, 5) is 1.67. The number of nitrogens with zero attached hydrogens (tertiary/aromatic N) is 1. The zero-order valence-corrected chi connectivity index (χ0v) is 7.56. The third-order valence-corrected chi connectivity index (χ3v) is 2.42. The number of rotatable bonds is 1. The SMILES string of the molecule is Fc1cc(F)c(F)c(N2CCCC2)c1. The minimum Gasteiger partial charge on any atom is -0.369 e. The Labute approximate surface area is 80.1 Å². The van der Waals surface area contributed by atoms with Gasteiger partial charge in [-0.05, 0) is 12.8 Å². The first-order chi connectivity index (χ1) is 6.68. The molecule has 0 amide bonds. The van der Waals surface area contributed by atoms with Crippen LogP contribution in [0.4, 0.5) is 18.9 Å². The first-order valence-corrected chi connectivity index (χ1v) is 4.58. The predicted octanol–water partition coefficient (Wildman–Crippen LogP) is 2.70. The van der Waals surface area contributed by atoms with Crippen molar-refractivity contribution in [3.05, 3.63) is 29.6 Å². The molecule has 0 spiro atoms. The molecule has 1 nitrogen and oxygen atoms in total. The summed E-state index contributed by atoms with van der Waals surface area (Å²) in [6, 6.07) is 1.61. The van der Waals surface area contributed by atoms with Crippen LogP contribution in [0.1, 0.15) is 12.8 Å². The van der Waals surface area contributed by atoms with E-state index in [4.69, 9.17) is 0 Å². The summed E-state index contributed by atoms with van der Waals surface area (Å²) < 4.78 is 38.9. The van der Waals surface area contributed by atoms with Gasteiger partial charge in [-0.15, -0.1) is 0 Å². The highest BCUT2D eigenvalue weighted by Crippen LogP contribution is 2.26. The van der Waals surface area contributed by atoms with Crippen molar-refractivity contribution in [2.24, 2.45) is 0 Å². The third kappa shape index (κ3) is 1.56. The Balaban J connectivity index is 2.40. The van der Waals surface area contributed by atoms with Gasteiger partial charge in [0.25, 0.3) is 0 Å². The standard InChI is InChI=1S/C10H10F3N/c11-7-5-8(12)10(13)9(6-7)14-3-1-2-4-14/h5-6H,1-4H2. The van der Waals surface area contributed by atoms with Crippen molar-refractivity contribution in [3.63, 3.8) is 0 Å². The lowest BCUT2D eigenvalue weighted by atomic mass is 10.2. The van der Waals surface area contributed by atoms with Crippen molar-refractivity contribution in [1.29, 1.82) is 0 Å². The molecule has 14 heavy (non-hydrogen) atoms. The van der Waals surface area contributed by atoms with E-state index in [1.165, 1.54) is 0 Å². The second kappa shape index (κ2) is 3.52. The van der Waals surface area contributed by atoms with E-state index in [0.29, 0.717) is 19.2 Å². The maximum absolute atomic E-state index is 13.3. The molecule has 0 N–H and O–H groups in total. The molecule has 0 aromatic heterocycles. The first-order valence-electron chi connectivity index (χ1n) is 4.58. The minimum absolute atomic E-state index is 0.0417. The molecule has 2 rings (SSSR count). The number of hydrogen-bond acceptors (Lipinski definition) is 1. The van der Waals surface area contributed by atoms with Gasteiger partial charge in [0.15, 0.2) is 11.6 Å². The summed E-state index contributed by atoms with van der Waals surface area (Å²) in [5.41, 5.74) is 0.0417. The Bertz CT molecular complexity index is 345. The van der Waals surface area contributed by atoms with Crippen molar-refractivity contribution in [1.82, 2.24) is 0 Å². The molecule has 0 bridgehead atoms. The summed E-state index contributed by atoms with van der Waals surface area (Å²) in [6.45, 7) is 1.33. The number of benzene rings is 1. The average Bonchev–Trinajstić information content (AvgIpc) is 2.63. The summed E-state index contributed by atoms with van der Waals surface area (Å²) in [5, 5.41) is 0. The van der Waals surface area contributed by atoms with Gasteiger partial charge in [-0.1, -0.05) is 0 Å². The Morgan fingerprint density at radius 2 is 1.64 bits per heavy atom. The highest BCUT2D eigenvalue weighted by molar-refractivity contribution is 5.49. The zero-order valence-electron chi connectivity index (χ0n) is 7.56. The molecule has 0 radical (unpaired) electrons. The summed E-state index contributed by atoms with van der Waals surface area (Å²) in [7, 11) is 0. The lowest BCUT2D eigenvalue weighted by Gasteiger charge is -2.18. The number of halogens is 3. The lowest BCUT2D eigenvalue weighted by Crippen LogP contribution is -2.19. The van der Waals surface area contributed by atoms with Crippen LogP contribution in [0.3, 0.4) is 0 Å². The zero-order chi connectivity index (χ0) is 10.1. The van der Waals surface area contributed by atoms with Gasteiger partial charge in [-0.25, -0.2) is 13.2 Å². The largest absolute Gasteiger partial charge is 0.369 e. The van der Waals surface area contributed by atoms with Gasteiger partial charge in [-0.2, -0.15) is 0 Å². The fourth-order valence-electron chi connectivity index (χ4n) is 1.73. The summed E-state index contributed by atoms with van der Waals surface area (Å²) >= 11 is 0. The normalized spacial score (nSPS) is 16.4. The van der Waals surface area contributed by atoms with Crippen LogP contribution >= 0.6 is 0 Å². The van der Waals surface area contributed by atoms with E-state index in [1.807, 2.05) is 0 Å². The van der Waals surface area contributed by atoms with Gasteiger partial charge in [0, 0.05) is 25.2 Å². The van der Waals surface area contributed by atoms with Gasteiger partial charge < -0.3 is 4.90 Å². The number of hydrogen-bond donors (Lipinski definition) is 0. The Morgan fingerprint density at radius 1 is 1.00 bits per heavy atom. The summed E-state index contributed by atoms with van der Waals surface area (Å²) in [5.74, 6) is -2.80. The van der Waals surface area contributed by atoms with E-state index in [9.17, 15) is 13.2 Å². The fourth-order valence-corrected chi connectivity index (χ4v) is 1.73. The van der Waals surface area contributed by atoms with Crippen LogP contribution in [0.25, 0.3) is 0 Å². The molecular formula is C10H10F3N. The van der Waals surface area contributed by atoms with Crippen LogP contribution in [0.15, 0.2) is 12.1 Å². The van der Waals surface area contributed by atoms with Gasteiger partial charge in [0.1, 0.15) is 5.82 Å². The maximum atomic E-state index is 13.3. The molecule has 1 heterocycles. The van der Waals surface area contributed by atoms with Gasteiger partial charge in [0.05, 0.1) is 5.69 Å². The topological polar surface area (TPSA) is 3.24 Å². The van der Waals surface area contributed by atoms with Gasteiger partial charge in [0.2, 0.25) is 0 Å². The Kier molecular flexibility index (Phi) is 2.35. The van der Waals surface area contributed by atoms with E-state index in [0.717, 1.165) is 18.9 Å². The van der Waals surface area contributed by atoms with Crippen LogP contribution < -0.4 is 4.90 Å². The van der Waals surface area contributed by atoms with Gasteiger partial charge >= 0.3 is 0 Å². The van der Waals surface area contributed by atoms with E-state index in [1.54, 1.807) is 4.90 Å². The number of anilines is 1. The quantitative estimate of drug-likeness (QED) is 0.631. The van der Waals surface area contributed by atoms with E-state index < -0.39 is 17.5 Å². The molecule has 1 aromatic carbocycles. The highest BCUT2D eigenvalue weighted by atomic mass is 19.2. The Morgan fingerprint density at radius 3 is 2.29 bits per heavy atom. The lowest BCUT2D eigenvalue weighted by molar-refractivity contribution is 0.494. The van der Waals surface area contributed by atoms with E-state index in [-0.39, 0.29) is 5.69 Å². The molecule has 76 valence electrons. The highest BCUT2D eigenvalue weighted by Gasteiger charge is 2.19. The average molecular weight is 201 g/mol. The van der Waals surface area contributed by atoms with Crippen molar-refractivity contribution in [3.8, 4) is 0 Å². The smallest absolute Gasteiger partial charge is 0.182 e. The van der Waals surface area contributed by atoms with Crippen LogP contribution in [0.5, 0.6) is 0 Å².